The van der Waals surface area contributed by atoms with E-state index in [0.29, 0.717) is 17.3 Å². The number of methoxy groups -OCH3 is 1. The summed E-state index contributed by atoms with van der Waals surface area (Å²) >= 11 is 0. The summed E-state index contributed by atoms with van der Waals surface area (Å²) < 4.78 is 10.2. The van der Waals surface area contributed by atoms with Crippen LogP contribution < -0.4 is 0 Å². The number of hydrogen-bond donors (Lipinski definition) is 0. The smallest absolute Gasteiger partial charge is 0.337 e. The molecule has 0 bridgehead atoms. The van der Waals surface area contributed by atoms with E-state index in [-0.39, 0.29) is 12.0 Å². The highest BCUT2D eigenvalue weighted by Crippen LogP contribution is 2.32. The molecule has 0 aliphatic carbocycles. The summed E-state index contributed by atoms with van der Waals surface area (Å²) in [4.78, 5) is 18.6. The first kappa shape index (κ1) is 15.7. The number of benzene rings is 1. The molecular weight excluding hydrogens is 294 g/mol. The lowest BCUT2D eigenvalue weighted by Gasteiger charge is -2.20. The van der Waals surface area contributed by atoms with Gasteiger partial charge in [-0.2, -0.15) is 4.98 Å². The first-order valence-corrected chi connectivity index (χ1v) is 7.99. The van der Waals surface area contributed by atoms with E-state index in [4.69, 9.17) is 9.26 Å². The molecule has 6 heteroatoms. The van der Waals surface area contributed by atoms with Crippen LogP contribution in [0, 0.1) is 0 Å². The van der Waals surface area contributed by atoms with Gasteiger partial charge in [-0.25, -0.2) is 4.79 Å². The molecule has 3 rings (SSSR count). The fourth-order valence-corrected chi connectivity index (χ4v) is 3.05. The second-order valence-corrected chi connectivity index (χ2v) is 5.72. The molecule has 1 atom stereocenters. The SMILES string of the molecule is CCCN1CCC[C@H]1c1nc(-c2cccc(C(=O)OC)c2)no1. The maximum absolute atomic E-state index is 11.6. The maximum Gasteiger partial charge on any atom is 0.337 e. The van der Waals surface area contributed by atoms with Crippen LogP contribution in [-0.2, 0) is 4.74 Å². The number of aromatic nitrogens is 2. The maximum atomic E-state index is 11.6. The van der Waals surface area contributed by atoms with E-state index in [1.54, 1.807) is 18.2 Å². The normalized spacial score (nSPS) is 18.3. The lowest BCUT2D eigenvalue weighted by atomic mass is 10.1. The van der Waals surface area contributed by atoms with Gasteiger partial charge in [-0.1, -0.05) is 24.2 Å². The van der Waals surface area contributed by atoms with Gasteiger partial charge in [0, 0.05) is 5.56 Å². The zero-order valence-corrected chi connectivity index (χ0v) is 13.5. The van der Waals surface area contributed by atoms with Crippen LogP contribution in [0.3, 0.4) is 0 Å². The van der Waals surface area contributed by atoms with E-state index in [1.807, 2.05) is 6.07 Å². The summed E-state index contributed by atoms with van der Waals surface area (Å²) in [5, 5.41) is 4.09. The van der Waals surface area contributed by atoms with Crippen molar-refractivity contribution in [2.75, 3.05) is 20.2 Å². The number of hydrogen-bond acceptors (Lipinski definition) is 6. The molecule has 0 radical (unpaired) electrons. The van der Waals surface area contributed by atoms with Crippen LogP contribution in [0.2, 0.25) is 0 Å². The number of carbonyl (C=O) groups excluding carboxylic acids is 1. The fourth-order valence-electron chi connectivity index (χ4n) is 3.05. The summed E-state index contributed by atoms with van der Waals surface area (Å²) in [5.41, 5.74) is 1.23. The number of carbonyl (C=O) groups is 1. The molecule has 0 unspecified atom stereocenters. The summed E-state index contributed by atoms with van der Waals surface area (Å²) in [6, 6.07) is 7.28. The van der Waals surface area contributed by atoms with E-state index >= 15 is 0 Å². The van der Waals surface area contributed by atoms with Gasteiger partial charge in [0.15, 0.2) is 0 Å². The van der Waals surface area contributed by atoms with Gasteiger partial charge in [0.05, 0.1) is 18.7 Å². The molecule has 23 heavy (non-hydrogen) atoms. The third-order valence-corrected chi connectivity index (χ3v) is 4.14. The Labute approximate surface area is 135 Å². The largest absolute Gasteiger partial charge is 0.465 e. The number of esters is 1. The van der Waals surface area contributed by atoms with Crippen molar-refractivity contribution in [3.05, 3.63) is 35.7 Å². The van der Waals surface area contributed by atoms with Crippen molar-refractivity contribution in [2.24, 2.45) is 0 Å². The minimum absolute atomic E-state index is 0.208. The summed E-state index contributed by atoms with van der Waals surface area (Å²) in [6.45, 7) is 4.29. The molecule has 122 valence electrons. The van der Waals surface area contributed by atoms with Crippen molar-refractivity contribution >= 4 is 5.97 Å². The molecule has 0 spiro atoms. The fraction of sp³-hybridized carbons (Fsp3) is 0.471. The molecule has 1 saturated heterocycles. The van der Waals surface area contributed by atoms with E-state index in [9.17, 15) is 4.79 Å². The highest BCUT2D eigenvalue weighted by Gasteiger charge is 2.30. The topological polar surface area (TPSA) is 68.5 Å². The molecule has 1 aromatic carbocycles. The molecule has 1 fully saturated rings. The molecule has 6 nitrogen and oxygen atoms in total. The Morgan fingerprint density at radius 2 is 2.35 bits per heavy atom. The monoisotopic (exact) mass is 315 g/mol. The van der Waals surface area contributed by atoms with Gasteiger partial charge in [0.25, 0.3) is 0 Å². The van der Waals surface area contributed by atoms with Crippen LogP contribution in [0.15, 0.2) is 28.8 Å². The second-order valence-electron chi connectivity index (χ2n) is 5.72. The number of likely N-dealkylation sites (tertiary alicyclic amines) is 1. The predicted octanol–water partition coefficient (Wildman–Crippen LogP) is 3.07. The Bertz CT molecular complexity index is 683. The van der Waals surface area contributed by atoms with E-state index in [0.717, 1.165) is 37.9 Å². The molecule has 1 aliphatic rings. The average Bonchev–Trinajstić information content (AvgIpc) is 3.23. The number of ether oxygens (including phenoxy) is 1. The van der Waals surface area contributed by atoms with Crippen molar-refractivity contribution in [3.8, 4) is 11.4 Å². The Morgan fingerprint density at radius 1 is 1.48 bits per heavy atom. The quantitative estimate of drug-likeness (QED) is 0.790. The highest BCUT2D eigenvalue weighted by atomic mass is 16.5. The average molecular weight is 315 g/mol. The lowest BCUT2D eigenvalue weighted by Crippen LogP contribution is -2.24. The molecule has 2 aromatic rings. The minimum atomic E-state index is -0.375. The van der Waals surface area contributed by atoms with Crippen LogP contribution in [0.1, 0.15) is 48.5 Å². The van der Waals surface area contributed by atoms with Gasteiger partial charge in [-0.15, -0.1) is 0 Å². The molecular formula is C17H21N3O3. The van der Waals surface area contributed by atoms with E-state index in [1.165, 1.54) is 7.11 Å². The molecule has 1 aliphatic heterocycles. The van der Waals surface area contributed by atoms with Gasteiger partial charge in [0.1, 0.15) is 0 Å². The zero-order valence-electron chi connectivity index (χ0n) is 13.5. The first-order valence-electron chi connectivity index (χ1n) is 7.99. The highest BCUT2D eigenvalue weighted by molar-refractivity contribution is 5.90. The zero-order chi connectivity index (χ0) is 16.2. The van der Waals surface area contributed by atoms with Gasteiger partial charge in [-0.3, -0.25) is 4.90 Å². The van der Waals surface area contributed by atoms with Crippen molar-refractivity contribution in [2.45, 2.75) is 32.2 Å². The lowest BCUT2D eigenvalue weighted by molar-refractivity contribution is 0.0601. The van der Waals surface area contributed by atoms with Crippen LogP contribution in [0.4, 0.5) is 0 Å². The Hall–Kier alpha value is -2.21. The summed E-state index contributed by atoms with van der Waals surface area (Å²) in [6.07, 6.45) is 3.31. The van der Waals surface area contributed by atoms with Gasteiger partial charge < -0.3 is 9.26 Å². The third-order valence-electron chi connectivity index (χ3n) is 4.14. The molecule has 0 N–H and O–H groups in total. The van der Waals surface area contributed by atoms with Crippen LogP contribution >= 0.6 is 0 Å². The number of nitrogens with zero attached hydrogens (tertiary/aromatic N) is 3. The molecule has 0 saturated carbocycles. The van der Waals surface area contributed by atoms with E-state index < -0.39 is 0 Å². The van der Waals surface area contributed by atoms with Gasteiger partial charge in [0.2, 0.25) is 11.7 Å². The third kappa shape index (κ3) is 3.27. The minimum Gasteiger partial charge on any atom is -0.465 e. The summed E-state index contributed by atoms with van der Waals surface area (Å²) in [7, 11) is 1.36. The van der Waals surface area contributed by atoms with Crippen molar-refractivity contribution in [1.82, 2.24) is 15.0 Å². The van der Waals surface area contributed by atoms with Crippen molar-refractivity contribution in [3.63, 3.8) is 0 Å². The molecule has 1 aromatic heterocycles. The molecule has 2 heterocycles. The van der Waals surface area contributed by atoms with Gasteiger partial charge in [-0.05, 0) is 44.5 Å². The van der Waals surface area contributed by atoms with Crippen LogP contribution in [0.5, 0.6) is 0 Å². The van der Waals surface area contributed by atoms with Crippen molar-refractivity contribution in [1.29, 1.82) is 0 Å². The standard InChI is InChI=1S/C17H21N3O3/c1-3-9-20-10-5-8-14(20)16-18-15(19-23-16)12-6-4-7-13(11-12)17(21)22-2/h4,6-7,11,14H,3,5,8-10H2,1-2H3/t14-/m0/s1. The van der Waals surface area contributed by atoms with Gasteiger partial charge >= 0.3 is 5.97 Å². The Morgan fingerprint density at radius 3 is 3.13 bits per heavy atom. The van der Waals surface area contributed by atoms with E-state index in [2.05, 4.69) is 22.0 Å². The molecule has 0 amide bonds. The van der Waals surface area contributed by atoms with Crippen LogP contribution in [-0.4, -0.2) is 41.2 Å². The number of rotatable bonds is 5. The first-order chi connectivity index (χ1) is 11.2. The predicted molar refractivity (Wildman–Crippen MR) is 84.9 cm³/mol. The van der Waals surface area contributed by atoms with Crippen LogP contribution in [0.25, 0.3) is 11.4 Å². The Balaban J connectivity index is 1.83. The second kappa shape index (κ2) is 6.91. The Kier molecular flexibility index (Phi) is 4.71. The van der Waals surface area contributed by atoms with Crippen molar-refractivity contribution < 1.29 is 14.1 Å². The summed E-state index contributed by atoms with van der Waals surface area (Å²) in [5.74, 6) is 0.795.